The molecule has 0 atom stereocenters. The number of hydrogen-bond donors (Lipinski definition) is 0. The summed E-state index contributed by atoms with van der Waals surface area (Å²) in [5.41, 5.74) is 18.5. The van der Waals surface area contributed by atoms with E-state index in [2.05, 4.69) is 264 Å². The van der Waals surface area contributed by atoms with Gasteiger partial charge in [-0.05, 0) is 93.0 Å². The van der Waals surface area contributed by atoms with E-state index in [0.717, 1.165) is 72.4 Å². The van der Waals surface area contributed by atoms with Gasteiger partial charge < -0.3 is 9.13 Å². The third-order valence-electron chi connectivity index (χ3n) is 14.4. The molecule has 0 aliphatic heterocycles. The quantitative estimate of drug-likeness (QED) is 0.145. The standard InChI is InChI=1S/C69H45N5/c1-6-18-46(19-7-1)51-32-36-59-60-37-33-52(47-20-8-2-9-21-47)43-64(60)73(63(59)42-51)57-30-16-28-55(40-57)68-70-67(50-26-14-5-15-27-50)71-69(72-68)56-29-17-31-58(41-56)74-65-44-53(48-22-10-3-11-23-48)34-38-61(65)62-39-35-54(45-66(62)74)49-24-12-4-13-25-49/h1-45H. The molecule has 0 spiro atoms. The second-order valence-corrected chi connectivity index (χ2v) is 18.8. The average molecular weight is 944 g/mol. The summed E-state index contributed by atoms with van der Waals surface area (Å²) in [5.74, 6) is 1.79. The molecule has 14 aromatic rings. The average Bonchev–Trinajstić information content (AvgIpc) is 4.00. The van der Waals surface area contributed by atoms with E-state index in [1.165, 1.54) is 43.8 Å². The first-order valence-corrected chi connectivity index (χ1v) is 25.1. The van der Waals surface area contributed by atoms with Crippen LogP contribution in [0.4, 0.5) is 0 Å². The van der Waals surface area contributed by atoms with Gasteiger partial charge in [0, 0.05) is 49.6 Å². The number of rotatable bonds is 9. The van der Waals surface area contributed by atoms with Crippen molar-refractivity contribution in [1.82, 2.24) is 24.1 Å². The minimum absolute atomic E-state index is 0.591. The smallest absolute Gasteiger partial charge is 0.164 e. The molecule has 14 rings (SSSR count). The van der Waals surface area contributed by atoms with Gasteiger partial charge in [-0.2, -0.15) is 0 Å². The van der Waals surface area contributed by atoms with Crippen molar-refractivity contribution in [3.05, 3.63) is 273 Å². The second kappa shape index (κ2) is 18.0. The zero-order valence-electron chi connectivity index (χ0n) is 40.2. The summed E-state index contributed by atoms with van der Waals surface area (Å²) in [6, 6.07) is 97.3. The van der Waals surface area contributed by atoms with Gasteiger partial charge >= 0.3 is 0 Å². The van der Waals surface area contributed by atoms with Gasteiger partial charge in [-0.3, -0.25) is 0 Å². The molecule has 346 valence electrons. The van der Waals surface area contributed by atoms with E-state index < -0.39 is 0 Å². The van der Waals surface area contributed by atoms with Crippen molar-refractivity contribution in [2.24, 2.45) is 0 Å². The lowest BCUT2D eigenvalue weighted by Crippen LogP contribution is -2.02. The Morgan fingerprint density at radius 2 is 0.446 bits per heavy atom. The molecule has 0 fully saturated rings. The topological polar surface area (TPSA) is 48.5 Å². The molecule has 0 bridgehead atoms. The van der Waals surface area contributed by atoms with E-state index >= 15 is 0 Å². The number of aromatic nitrogens is 5. The van der Waals surface area contributed by atoms with Crippen molar-refractivity contribution in [1.29, 1.82) is 0 Å². The first-order chi connectivity index (χ1) is 36.7. The summed E-state index contributed by atoms with van der Waals surface area (Å²) in [5, 5.41) is 4.76. The van der Waals surface area contributed by atoms with E-state index in [0.29, 0.717) is 17.5 Å². The van der Waals surface area contributed by atoms with Crippen molar-refractivity contribution in [2.75, 3.05) is 0 Å². The van der Waals surface area contributed by atoms with E-state index in [-0.39, 0.29) is 0 Å². The molecule has 0 saturated carbocycles. The maximum absolute atomic E-state index is 5.37. The number of hydrogen-bond acceptors (Lipinski definition) is 3. The van der Waals surface area contributed by atoms with Crippen LogP contribution in [0.5, 0.6) is 0 Å². The fourth-order valence-corrected chi connectivity index (χ4v) is 10.8. The number of fused-ring (bicyclic) bond motifs is 6. The monoisotopic (exact) mass is 943 g/mol. The van der Waals surface area contributed by atoms with Crippen LogP contribution < -0.4 is 0 Å². The Morgan fingerprint density at radius 1 is 0.189 bits per heavy atom. The molecule has 3 aromatic heterocycles. The first-order valence-electron chi connectivity index (χ1n) is 25.1. The van der Waals surface area contributed by atoms with Crippen molar-refractivity contribution >= 4 is 43.6 Å². The minimum atomic E-state index is 0.591. The first kappa shape index (κ1) is 42.9. The fraction of sp³-hybridized carbons (Fsp3) is 0. The lowest BCUT2D eigenvalue weighted by atomic mass is 10.0. The Kier molecular flexibility index (Phi) is 10.4. The molecule has 0 amide bonds. The van der Waals surface area contributed by atoms with Crippen LogP contribution in [0.2, 0.25) is 0 Å². The van der Waals surface area contributed by atoms with E-state index in [1.807, 2.05) is 18.2 Å². The van der Waals surface area contributed by atoms with Crippen LogP contribution in [0.25, 0.3) is 134 Å². The molecule has 0 saturated heterocycles. The predicted octanol–water partition coefficient (Wildman–Crippen LogP) is 17.7. The summed E-state index contributed by atoms with van der Waals surface area (Å²) < 4.78 is 4.80. The van der Waals surface area contributed by atoms with Crippen LogP contribution in [0.15, 0.2) is 273 Å². The molecular weight excluding hydrogens is 899 g/mol. The molecule has 5 heteroatoms. The Morgan fingerprint density at radius 3 is 0.743 bits per heavy atom. The summed E-state index contributed by atoms with van der Waals surface area (Å²) >= 11 is 0. The molecule has 3 heterocycles. The van der Waals surface area contributed by atoms with Crippen molar-refractivity contribution in [3.63, 3.8) is 0 Å². The maximum Gasteiger partial charge on any atom is 0.164 e. The molecule has 0 aliphatic carbocycles. The third-order valence-corrected chi connectivity index (χ3v) is 14.4. The van der Waals surface area contributed by atoms with Crippen LogP contribution >= 0.6 is 0 Å². The Balaban J connectivity index is 0.946. The van der Waals surface area contributed by atoms with Crippen molar-refractivity contribution in [2.45, 2.75) is 0 Å². The van der Waals surface area contributed by atoms with E-state index in [1.54, 1.807) is 0 Å². The van der Waals surface area contributed by atoms with E-state index in [9.17, 15) is 0 Å². The number of nitrogens with zero attached hydrogens (tertiary/aromatic N) is 5. The fourth-order valence-electron chi connectivity index (χ4n) is 10.8. The second-order valence-electron chi connectivity index (χ2n) is 18.8. The molecule has 0 radical (unpaired) electrons. The van der Waals surface area contributed by atoms with Crippen LogP contribution in [-0.2, 0) is 0 Å². The van der Waals surface area contributed by atoms with Crippen LogP contribution in [0.1, 0.15) is 0 Å². The minimum Gasteiger partial charge on any atom is -0.309 e. The van der Waals surface area contributed by atoms with Crippen LogP contribution in [0, 0.1) is 0 Å². The normalized spacial score (nSPS) is 11.5. The molecule has 11 aromatic carbocycles. The van der Waals surface area contributed by atoms with Gasteiger partial charge in [-0.15, -0.1) is 0 Å². The van der Waals surface area contributed by atoms with Gasteiger partial charge in [-0.25, -0.2) is 15.0 Å². The zero-order chi connectivity index (χ0) is 49.0. The molecule has 0 N–H and O–H groups in total. The number of benzene rings is 11. The summed E-state index contributed by atoms with van der Waals surface area (Å²) in [7, 11) is 0. The summed E-state index contributed by atoms with van der Waals surface area (Å²) in [4.78, 5) is 15.9. The predicted molar refractivity (Wildman–Crippen MR) is 307 cm³/mol. The van der Waals surface area contributed by atoms with Gasteiger partial charge in [0.2, 0.25) is 0 Å². The van der Waals surface area contributed by atoms with Gasteiger partial charge in [0.1, 0.15) is 0 Å². The molecular formula is C69H45N5. The van der Waals surface area contributed by atoms with Gasteiger partial charge in [0.05, 0.1) is 22.1 Å². The van der Waals surface area contributed by atoms with Crippen LogP contribution in [0.3, 0.4) is 0 Å². The lowest BCUT2D eigenvalue weighted by molar-refractivity contribution is 1.07. The largest absolute Gasteiger partial charge is 0.309 e. The van der Waals surface area contributed by atoms with Gasteiger partial charge in [-0.1, -0.05) is 224 Å². The molecule has 0 unspecified atom stereocenters. The van der Waals surface area contributed by atoms with Crippen molar-refractivity contribution in [3.8, 4) is 90.0 Å². The van der Waals surface area contributed by atoms with Crippen LogP contribution in [-0.4, -0.2) is 24.1 Å². The summed E-state index contributed by atoms with van der Waals surface area (Å²) in [6.45, 7) is 0. The maximum atomic E-state index is 5.37. The zero-order valence-corrected chi connectivity index (χ0v) is 40.2. The summed E-state index contributed by atoms with van der Waals surface area (Å²) in [6.07, 6.45) is 0. The van der Waals surface area contributed by atoms with Gasteiger partial charge in [0.25, 0.3) is 0 Å². The highest BCUT2D eigenvalue weighted by Gasteiger charge is 2.20. The SMILES string of the molecule is c1ccc(-c2ccc3c4ccc(-c5ccccc5)cc4n(-c4cccc(-c5nc(-c6ccccc6)nc(-c6cccc(-n7c8cc(-c9ccccc9)ccc8c8ccc(-c9ccccc9)cc87)c6)n5)c4)c3c2)cc1. The van der Waals surface area contributed by atoms with E-state index in [4.69, 9.17) is 15.0 Å². The molecule has 74 heavy (non-hydrogen) atoms. The third kappa shape index (κ3) is 7.63. The highest BCUT2D eigenvalue weighted by Crippen LogP contribution is 2.40. The van der Waals surface area contributed by atoms with Gasteiger partial charge in [0.15, 0.2) is 17.5 Å². The Labute approximate surface area is 428 Å². The highest BCUT2D eigenvalue weighted by atomic mass is 15.0. The Hall–Kier alpha value is -9.97. The van der Waals surface area contributed by atoms with Crippen molar-refractivity contribution < 1.29 is 0 Å². The highest BCUT2D eigenvalue weighted by molar-refractivity contribution is 6.12. The molecule has 5 nitrogen and oxygen atoms in total. The molecule has 0 aliphatic rings. The lowest BCUT2D eigenvalue weighted by Gasteiger charge is -2.13. The Bertz CT molecular complexity index is 3930.